The van der Waals surface area contributed by atoms with E-state index in [1.807, 2.05) is 24.3 Å². The first-order valence-corrected chi connectivity index (χ1v) is 7.08. The lowest BCUT2D eigenvalue weighted by molar-refractivity contribution is 0.454. The summed E-state index contributed by atoms with van der Waals surface area (Å²) in [7, 11) is 0. The molecule has 0 radical (unpaired) electrons. The Morgan fingerprint density at radius 1 is 0.955 bits per heavy atom. The number of hydrogen-bond acceptors (Lipinski definition) is 5. The summed E-state index contributed by atoms with van der Waals surface area (Å²) in [4.78, 5) is 0. The van der Waals surface area contributed by atoms with Crippen molar-refractivity contribution in [2.24, 2.45) is 0 Å². The highest BCUT2D eigenvalue weighted by Gasteiger charge is 2.13. The van der Waals surface area contributed by atoms with Crippen molar-refractivity contribution in [2.75, 3.05) is 0 Å². The molecule has 0 N–H and O–H groups in total. The first kappa shape index (κ1) is 13.2. The molecule has 2 heterocycles. The minimum absolute atomic E-state index is 0.383. The molecule has 0 aliphatic rings. The summed E-state index contributed by atoms with van der Waals surface area (Å²) in [5.41, 5.74) is 0.567. The summed E-state index contributed by atoms with van der Waals surface area (Å²) in [5.74, 6) is 0.910. The SMILES string of the molecule is Clc1ccc(Oc2nn3nnnc3c3ccccc23)cc1Cl. The maximum Gasteiger partial charge on any atom is 0.247 e. The van der Waals surface area contributed by atoms with Crippen LogP contribution in [-0.4, -0.2) is 25.3 Å². The van der Waals surface area contributed by atoms with Gasteiger partial charge in [-0.1, -0.05) is 41.4 Å². The molecule has 0 amide bonds. The number of hydrogen-bond donors (Lipinski definition) is 0. The predicted molar refractivity (Wildman–Crippen MR) is 82.6 cm³/mol. The number of halogens is 2. The smallest absolute Gasteiger partial charge is 0.247 e. The van der Waals surface area contributed by atoms with E-state index in [4.69, 9.17) is 27.9 Å². The number of tetrazole rings is 1. The van der Waals surface area contributed by atoms with E-state index in [9.17, 15) is 0 Å². The van der Waals surface area contributed by atoms with Crippen LogP contribution in [0, 0.1) is 0 Å². The van der Waals surface area contributed by atoms with Crippen LogP contribution in [0.3, 0.4) is 0 Å². The minimum Gasteiger partial charge on any atom is -0.437 e. The standard InChI is InChI=1S/C14H7Cl2N5O/c15-11-6-5-8(7-12(11)16)22-14-10-4-2-1-3-9(10)13-17-19-20-21(13)18-14/h1-7H. The van der Waals surface area contributed by atoms with Gasteiger partial charge in [0, 0.05) is 16.8 Å². The van der Waals surface area contributed by atoms with E-state index in [0.717, 1.165) is 10.8 Å². The van der Waals surface area contributed by atoms with E-state index in [2.05, 4.69) is 20.6 Å². The van der Waals surface area contributed by atoms with Crippen LogP contribution < -0.4 is 4.74 Å². The fourth-order valence-electron chi connectivity index (χ4n) is 2.14. The van der Waals surface area contributed by atoms with Crippen LogP contribution in [0.4, 0.5) is 0 Å². The molecule has 8 heteroatoms. The van der Waals surface area contributed by atoms with Gasteiger partial charge >= 0.3 is 0 Å². The fourth-order valence-corrected chi connectivity index (χ4v) is 2.43. The monoisotopic (exact) mass is 331 g/mol. The molecule has 0 aliphatic carbocycles. The Kier molecular flexibility index (Phi) is 3.06. The molecule has 2 aromatic heterocycles. The Morgan fingerprint density at radius 2 is 1.77 bits per heavy atom. The van der Waals surface area contributed by atoms with E-state index in [-0.39, 0.29) is 0 Å². The zero-order valence-corrected chi connectivity index (χ0v) is 12.5. The van der Waals surface area contributed by atoms with Gasteiger partial charge in [0.25, 0.3) is 0 Å². The average molecular weight is 332 g/mol. The molecular formula is C14H7Cl2N5O. The first-order chi connectivity index (χ1) is 10.7. The number of rotatable bonds is 2. The van der Waals surface area contributed by atoms with Crippen LogP contribution in [0.5, 0.6) is 11.6 Å². The number of nitrogens with zero attached hydrogens (tertiary/aromatic N) is 5. The van der Waals surface area contributed by atoms with Gasteiger partial charge in [-0.25, -0.2) is 0 Å². The van der Waals surface area contributed by atoms with Gasteiger partial charge in [-0.3, -0.25) is 0 Å². The van der Waals surface area contributed by atoms with Crippen molar-refractivity contribution in [3.05, 3.63) is 52.5 Å². The van der Waals surface area contributed by atoms with Crippen molar-refractivity contribution < 1.29 is 4.74 Å². The topological polar surface area (TPSA) is 65.2 Å². The average Bonchev–Trinajstić information content (AvgIpc) is 3.00. The molecule has 0 bridgehead atoms. The molecular weight excluding hydrogens is 325 g/mol. The molecule has 2 aromatic carbocycles. The quantitative estimate of drug-likeness (QED) is 0.559. The van der Waals surface area contributed by atoms with Crippen molar-refractivity contribution in [1.82, 2.24) is 25.3 Å². The number of benzene rings is 2. The molecule has 0 unspecified atom stereocenters. The summed E-state index contributed by atoms with van der Waals surface area (Å²) in [6.45, 7) is 0. The Bertz CT molecular complexity index is 1000. The van der Waals surface area contributed by atoms with E-state index < -0.39 is 0 Å². The van der Waals surface area contributed by atoms with Crippen molar-refractivity contribution in [3.8, 4) is 11.6 Å². The zero-order valence-electron chi connectivity index (χ0n) is 10.9. The lowest BCUT2D eigenvalue weighted by atomic mass is 10.2. The van der Waals surface area contributed by atoms with Crippen LogP contribution >= 0.6 is 23.2 Å². The molecule has 0 atom stereocenters. The third-order valence-corrected chi connectivity index (χ3v) is 3.88. The van der Waals surface area contributed by atoms with E-state index in [0.29, 0.717) is 27.3 Å². The van der Waals surface area contributed by atoms with Crippen LogP contribution in [0.1, 0.15) is 0 Å². The van der Waals surface area contributed by atoms with E-state index in [1.54, 1.807) is 18.2 Å². The van der Waals surface area contributed by atoms with Crippen LogP contribution in [-0.2, 0) is 0 Å². The first-order valence-electron chi connectivity index (χ1n) is 6.32. The minimum atomic E-state index is 0.383. The summed E-state index contributed by atoms with van der Waals surface area (Å²) >= 11 is 11.9. The Balaban J connectivity index is 1.90. The molecule has 108 valence electrons. The summed E-state index contributed by atoms with van der Waals surface area (Å²) < 4.78 is 7.16. The van der Waals surface area contributed by atoms with Gasteiger partial charge < -0.3 is 4.74 Å². The molecule has 6 nitrogen and oxygen atoms in total. The number of fused-ring (bicyclic) bond motifs is 3. The highest BCUT2D eigenvalue weighted by atomic mass is 35.5. The molecule has 0 aliphatic heterocycles. The van der Waals surface area contributed by atoms with E-state index >= 15 is 0 Å². The second-order valence-corrected chi connectivity index (χ2v) is 5.34. The van der Waals surface area contributed by atoms with E-state index in [1.165, 1.54) is 4.63 Å². The van der Waals surface area contributed by atoms with Crippen molar-refractivity contribution in [1.29, 1.82) is 0 Å². The third-order valence-electron chi connectivity index (χ3n) is 3.14. The van der Waals surface area contributed by atoms with Crippen LogP contribution in [0.25, 0.3) is 16.4 Å². The Morgan fingerprint density at radius 3 is 2.59 bits per heavy atom. The van der Waals surface area contributed by atoms with Crippen molar-refractivity contribution in [3.63, 3.8) is 0 Å². The van der Waals surface area contributed by atoms with Gasteiger partial charge in [0.15, 0.2) is 0 Å². The van der Waals surface area contributed by atoms with Crippen molar-refractivity contribution in [2.45, 2.75) is 0 Å². The largest absolute Gasteiger partial charge is 0.437 e. The van der Waals surface area contributed by atoms with Gasteiger partial charge in [-0.2, -0.15) is 0 Å². The molecule has 4 rings (SSSR count). The molecule has 4 aromatic rings. The fraction of sp³-hybridized carbons (Fsp3) is 0. The van der Waals surface area contributed by atoms with Gasteiger partial charge in [0.1, 0.15) is 5.75 Å². The van der Waals surface area contributed by atoms with Gasteiger partial charge in [-0.05, 0) is 28.6 Å². The molecule has 22 heavy (non-hydrogen) atoms. The summed E-state index contributed by atoms with van der Waals surface area (Å²) in [5, 5.41) is 18.2. The zero-order chi connectivity index (χ0) is 15.1. The Labute approximate surface area is 134 Å². The van der Waals surface area contributed by atoms with Gasteiger partial charge in [-0.15, -0.1) is 14.8 Å². The molecule has 0 spiro atoms. The third kappa shape index (κ3) is 2.13. The highest BCUT2D eigenvalue weighted by molar-refractivity contribution is 6.42. The maximum atomic E-state index is 6.01. The molecule has 0 saturated heterocycles. The highest BCUT2D eigenvalue weighted by Crippen LogP contribution is 2.32. The van der Waals surface area contributed by atoms with Crippen LogP contribution in [0.15, 0.2) is 42.5 Å². The van der Waals surface area contributed by atoms with Gasteiger partial charge in [0.05, 0.1) is 10.0 Å². The predicted octanol–water partition coefficient (Wildman–Crippen LogP) is 3.77. The molecule has 0 fully saturated rings. The normalized spacial score (nSPS) is 11.2. The maximum absolute atomic E-state index is 6.01. The lowest BCUT2D eigenvalue weighted by Gasteiger charge is -2.08. The molecule has 0 saturated carbocycles. The summed E-state index contributed by atoms with van der Waals surface area (Å²) in [6.07, 6.45) is 0. The second-order valence-electron chi connectivity index (χ2n) is 4.52. The van der Waals surface area contributed by atoms with Gasteiger partial charge in [0.2, 0.25) is 11.5 Å². The summed E-state index contributed by atoms with van der Waals surface area (Å²) in [6, 6.07) is 12.6. The Hall–Kier alpha value is -2.44. The second kappa shape index (κ2) is 5.08. The van der Waals surface area contributed by atoms with Crippen molar-refractivity contribution >= 4 is 39.6 Å². The number of aromatic nitrogens is 5. The van der Waals surface area contributed by atoms with Crippen LogP contribution in [0.2, 0.25) is 10.0 Å². The number of ether oxygens (including phenoxy) is 1. The lowest BCUT2D eigenvalue weighted by Crippen LogP contribution is -1.99.